The Hall–Kier alpha value is -2.80. The van der Waals surface area contributed by atoms with Crippen molar-refractivity contribution in [3.63, 3.8) is 0 Å². The van der Waals surface area contributed by atoms with Gasteiger partial charge in [-0.25, -0.2) is 13.8 Å². The van der Waals surface area contributed by atoms with Crippen LogP contribution in [0.5, 0.6) is 0 Å². The fraction of sp³-hybridized carbons (Fsp3) is 0.154. The zero-order chi connectivity index (χ0) is 21.4. The van der Waals surface area contributed by atoms with E-state index in [9.17, 15) is 42.2 Å². The van der Waals surface area contributed by atoms with Gasteiger partial charge in [0.1, 0.15) is 10.8 Å². The van der Waals surface area contributed by atoms with Gasteiger partial charge in [-0.3, -0.25) is 20.2 Å². The monoisotopic (exact) mass is 446 g/mol. The number of aromatic nitrogens is 1. The number of alkyl halides is 5. The van der Waals surface area contributed by atoms with Crippen molar-refractivity contribution in [2.24, 2.45) is 0 Å². The molecule has 0 radical (unpaired) electrons. The number of benzene rings is 1. The van der Waals surface area contributed by atoms with E-state index < -0.39 is 66.5 Å². The molecule has 1 heterocycles. The van der Waals surface area contributed by atoms with E-state index in [0.29, 0.717) is 18.3 Å². The van der Waals surface area contributed by atoms with Crippen LogP contribution < -0.4 is 5.32 Å². The molecule has 2 aromatic rings. The average molecular weight is 447 g/mol. The maximum Gasteiger partial charge on any atom is 0.417 e. The van der Waals surface area contributed by atoms with E-state index in [0.717, 1.165) is 0 Å². The molecular weight excluding hydrogens is 442 g/mol. The Labute approximate surface area is 161 Å². The van der Waals surface area contributed by atoms with Crippen molar-refractivity contribution in [2.75, 3.05) is 5.32 Å². The lowest BCUT2D eigenvalue weighted by Crippen LogP contribution is -2.08. The lowest BCUT2D eigenvalue weighted by atomic mass is 10.1. The second kappa shape index (κ2) is 7.67. The number of nitrogens with one attached hydrogen (secondary N) is 1. The first-order valence-corrected chi connectivity index (χ1v) is 7.53. The molecule has 0 aliphatic carbocycles. The highest BCUT2D eigenvalue weighted by Gasteiger charge is 2.35. The molecule has 28 heavy (non-hydrogen) atoms. The topological polar surface area (TPSA) is 111 Å². The number of halogens is 7. The van der Waals surface area contributed by atoms with Gasteiger partial charge < -0.3 is 5.32 Å². The summed E-state index contributed by atoms with van der Waals surface area (Å²) in [4.78, 5) is 23.3. The molecule has 1 aromatic carbocycles. The molecule has 2 rings (SSSR count). The number of nitro groups is 2. The molecule has 15 heteroatoms. The standard InChI is InChI=1S/C13H5Cl2F5N4O4/c14-6-1-4(13(18,19)20)3-21-12(6)22-9-7(23(25)26)2-5(11(16)17)8(15)10(9)24(27)28/h1-3,11H,(H,21,22). The summed E-state index contributed by atoms with van der Waals surface area (Å²) < 4.78 is 64.0. The molecular formula is C13H5Cl2F5N4O4. The molecule has 0 fully saturated rings. The van der Waals surface area contributed by atoms with Gasteiger partial charge in [0.25, 0.3) is 12.1 Å². The van der Waals surface area contributed by atoms with Gasteiger partial charge in [-0.15, -0.1) is 0 Å². The van der Waals surface area contributed by atoms with Gasteiger partial charge in [0.15, 0.2) is 5.69 Å². The van der Waals surface area contributed by atoms with Crippen molar-refractivity contribution in [3.8, 4) is 0 Å². The summed E-state index contributed by atoms with van der Waals surface area (Å²) in [6, 6.07) is 0.726. The van der Waals surface area contributed by atoms with Crippen LogP contribution in [0.2, 0.25) is 10.0 Å². The van der Waals surface area contributed by atoms with Crippen molar-refractivity contribution in [2.45, 2.75) is 12.6 Å². The number of pyridine rings is 1. The van der Waals surface area contributed by atoms with Crippen LogP contribution in [-0.4, -0.2) is 14.8 Å². The zero-order valence-corrected chi connectivity index (χ0v) is 14.4. The highest BCUT2D eigenvalue weighted by Crippen LogP contribution is 2.46. The van der Waals surface area contributed by atoms with Crippen molar-refractivity contribution in [1.29, 1.82) is 0 Å². The molecule has 0 aliphatic heterocycles. The molecule has 0 aliphatic rings. The van der Waals surface area contributed by atoms with Crippen LogP contribution in [0, 0.1) is 20.2 Å². The maximum absolute atomic E-state index is 13.0. The quantitative estimate of drug-likeness (QED) is 0.347. The lowest BCUT2D eigenvalue weighted by molar-refractivity contribution is -0.392. The van der Waals surface area contributed by atoms with Crippen molar-refractivity contribution in [1.82, 2.24) is 4.98 Å². The van der Waals surface area contributed by atoms with Crippen LogP contribution >= 0.6 is 23.2 Å². The maximum atomic E-state index is 13.0. The molecule has 0 amide bonds. The average Bonchev–Trinajstić information content (AvgIpc) is 2.54. The van der Waals surface area contributed by atoms with Crippen molar-refractivity contribution < 1.29 is 31.8 Å². The minimum atomic E-state index is -4.80. The second-order valence-corrected chi connectivity index (χ2v) is 5.80. The Balaban J connectivity index is 2.70. The van der Waals surface area contributed by atoms with E-state index >= 15 is 0 Å². The minimum Gasteiger partial charge on any atom is -0.328 e. The van der Waals surface area contributed by atoms with E-state index in [4.69, 9.17) is 23.2 Å². The number of hydrogen-bond donors (Lipinski definition) is 1. The van der Waals surface area contributed by atoms with Crippen LogP contribution in [0.1, 0.15) is 17.6 Å². The molecule has 0 saturated carbocycles. The third-order valence-corrected chi connectivity index (χ3v) is 3.96. The van der Waals surface area contributed by atoms with Gasteiger partial charge in [0.05, 0.1) is 26.0 Å². The summed E-state index contributed by atoms with van der Waals surface area (Å²) in [5.74, 6) is -0.623. The van der Waals surface area contributed by atoms with Gasteiger partial charge in [-0.1, -0.05) is 23.2 Å². The predicted molar refractivity (Wildman–Crippen MR) is 87.2 cm³/mol. The highest BCUT2D eigenvalue weighted by molar-refractivity contribution is 6.35. The third-order valence-electron chi connectivity index (χ3n) is 3.27. The molecule has 150 valence electrons. The number of anilines is 2. The van der Waals surface area contributed by atoms with Crippen LogP contribution in [0.3, 0.4) is 0 Å². The number of nitrogens with zero attached hydrogens (tertiary/aromatic N) is 3. The van der Waals surface area contributed by atoms with Crippen LogP contribution in [0.4, 0.5) is 44.8 Å². The highest BCUT2D eigenvalue weighted by atomic mass is 35.5. The third kappa shape index (κ3) is 4.20. The number of nitro benzene ring substituents is 2. The second-order valence-electron chi connectivity index (χ2n) is 5.01. The summed E-state index contributed by atoms with van der Waals surface area (Å²) in [7, 11) is 0. The van der Waals surface area contributed by atoms with E-state index in [1.165, 1.54) is 0 Å². The van der Waals surface area contributed by atoms with Crippen LogP contribution in [0.15, 0.2) is 18.3 Å². The molecule has 0 unspecified atom stereocenters. The fourth-order valence-corrected chi connectivity index (χ4v) is 2.57. The Kier molecular flexibility index (Phi) is 5.89. The smallest absolute Gasteiger partial charge is 0.328 e. The largest absolute Gasteiger partial charge is 0.417 e. The predicted octanol–water partition coefficient (Wildman–Crippen LogP) is 5.90. The Bertz CT molecular complexity index is 971. The molecule has 0 spiro atoms. The summed E-state index contributed by atoms with van der Waals surface area (Å²) in [6.07, 6.45) is -7.84. The van der Waals surface area contributed by atoms with Crippen molar-refractivity contribution in [3.05, 3.63) is 59.7 Å². The van der Waals surface area contributed by atoms with Crippen LogP contribution in [-0.2, 0) is 6.18 Å². The van der Waals surface area contributed by atoms with Gasteiger partial charge in [0, 0.05) is 12.3 Å². The van der Waals surface area contributed by atoms with Gasteiger partial charge in [-0.2, -0.15) is 13.2 Å². The first-order valence-electron chi connectivity index (χ1n) is 6.77. The van der Waals surface area contributed by atoms with Gasteiger partial charge >= 0.3 is 11.9 Å². The first kappa shape index (κ1) is 21.5. The zero-order valence-electron chi connectivity index (χ0n) is 12.9. The number of rotatable bonds is 5. The van der Waals surface area contributed by atoms with Gasteiger partial charge in [-0.05, 0) is 6.07 Å². The molecule has 0 atom stereocenters. The minimum absolute atomic E-state index is 0.306. The molecule has 8 nitrogen and oxygen atoms in total. The van der Waals surface area contributed by atoms with Crippen LogP contribution in [0.25, 0.3) is 0 Å². The number of hydrogen-bond acceptors (Lipinski definition) is 6. The van der Waals surface area contributed by atoms with E-state index in [1.807, 2.05) is 5.32 Å². The molecule has 1 N–H and O–H groups in total. The van der Waals surface area contributed by atoms with Gasteiger partial charge in [0.2, 0.25) is 0 Å². The van der Waals surface area contributed by atoms with Crippen molar-refractivity contribution >= 4 is 46.1 Å². The SMILES string of the molecule is O=[N+]([O-])c1cc(C(F)F)c(Cl)c([N+](=O)[O-])c1Nc1ncc(C(F)(F)F)cc1Cl. The van der Waals surface area contributed by atoms with E-state index in [2.05, 4.69) is 4.98 Å². The summed E-state index contributed by atoms with van der Waals surface area (Å²) in [5, 5.41) is 22.7. The Morgan fingerprint density at radius 3 is 2.14 bits per heavy atom. The Morgan fingerprint density at radius 2 is 1.71 bits per heavy atom. The fourth-order valence-electron chi connectivity index (χ4n) is 2.05. The van der Waals surface area contributed by atoms with E-state index in [1.54, 1.807) is 0 Å². The normalized spacial score (nSPS) is 11.6. The summed E-state index contributed by atoms with van der Waals surface area (Å²) >= 11 is 11.2. The molecule has 0 saturated heterocycles. The first-order chi connectivity index (χ1) is 12.8. The molecule has 0 bridgehead atoms. The van der Waals surface area contributed by atoms with E-state index in [-0.39, 0.29) is 0 Å². The summed E-state index contributed by atoms with van der Waals surface area (Å²) in [6.45, 7) is 0. The lowest BCUT2D eigenvalue weighted by Gasteiger charge is -2.13. The molecule has 1 aromatic heterocycles. The Morgan fingerprint density at radius 1 is 1.11 bits per heavy atom. The summed E-state index contributed by atoms with van der Waals surface area (Å²) in [5.41, 5.74) is -5.86.